The van der Waals surface area contributed by atoms with Crippen molar-refractivity contribution < 1.29 is 35.9 Å². The van der Waals surface area contributed by atoms with Gasteiger partial charge in [-0.1, -0.05) is 12.1 Å². The van der Waals surface area contributed by atoms with Crippen LogP contribution in [0.3, 0.4) is 0 Å². The lowest BCUT2D eigenvalue weighted by Gasteiger charge is -2.39. The van der Waals surface area contributed by atoms with Gasteiger partial charge in [0, 0.05) is 42.8 Å². The zero-order valence-corrected chi connectivity index (χ0v) is 20.4. The molecule has 4 rings (SSSR count). The molecule has 0 spiro atoms. The number of hydrogen-bond acceptors (Lipinski definition) is 6. The van der Waals surface area contributed by atoms with Gasteiger partial charge in [0.15, 0.2) is 15.9 Å². The van der Waals surface area contributed by atoms with Gasteiger partial charge >= 0.3 is 12.3 Å². The van der Waals surface area contributed by atoms with Crippen molar-refractivity contribution in [3.05, 3.63) is 42.1 Å². The second-order valence-corrected chi connectivity index (χ2v) is 11.4. The summed E-state index contributed by atoms with van der Waals surface area (Å²) < 4.78 is 72.3. The van der Waals surface area contributed by atoms with E-state index in [9.17, 15) is 26.4 Å². The molecule has 0 aliphatic carbocycles. The summed E-state index contributed by atoms with van der Waals surface area (Å²) in [6, 6.07) is 8.47. The average Bonchev–Trinajstić information content (AvgIpc) is 3.14. The molecule has 0 radical (unpaired) electrons. The molecule has 1 aromatic carbocycles. The molecule has 1 saturated heterocycles. The van der Waals surface area contributed by atoms with Gasteiger partial charge in [-0.2, -0.15) is 13.2 Å². The Balaban J connectivity index is 1.40. The van der Waals surface area contributed by atoms with Gasteiger partial charge < -0.3 is 14.4 Å². The number of hydrogen-bond donors (Lipinski definition) is 0. The minimum Gasteiger partial charge on any atom is -0.485 e. The number of benzene rings is 1. The minimum atomic E-state index is -4.59. The number of piperidine rings is 1. The molecule has 0 N–H and O–H groups in total. The molecule has 11 heteroatoms. The number of rotatable bonds is 4. The number of aromatic nitrogens is 1. The van der Waals surface area contributed by atoms with Gasteiger partial charge in [-0.05, 0) is 44.9 Å². The summed E-state index contributed by atoms with van der Waals surface area (Å²) >= 11 is 0. The largest absolute Gasteiger partial charge is 0.485 e. The van der Waals surface area contributed by atoms with Gasteiger partial charge in [-0.15, -0.1) is 0 Å². The number of sulfone groups is 1. The lowest BCUT2D eigenvalue weighted by atomic mass is 9.79. The standard InChI is InChI=1S/C24H27F3N2O5S/c1-15(24(25,26)27)33-22(30)29-10-8-18(9-11-29)23(2)13-17-12-20(28-14-21(17)34-23)16-4-6-19(7-5-16)35(3,31)32/h4-7,12,14-15,18H,8-11,13H2,1-3H3/t15-,23+/m0/s1. The van der Waals surface area contributed by atoms with E-state index in [0.717, 1.165) is 24.3 Å². The summed E-state index contributed by atoms with van der Waals surface area (Å²) in [5, 5.41) is 0. The maximum atomic E-state index is 12.7. The molecule has 0 saturated carbocycles. The lowest BCUT2D eigenvalue weighted by Crippen LogP contribution is -2.48. The fourth-order valence-electron chi connectivity index (χ4n) is 4.60. The van der Waals surface area contributed by atoms with Crippen LogP contribution in [0, 0.1) is 5.92 Å². The van der Waals surface area contributed by atoms with Crippen LogP contribution in [0.1, 0.15) is 32.3 Å². The molecular formula is C24H27F3N2O5S. The third-order valence-corrected chi connectivity index (χ3v) is 7.89. The maximum absolute atomic E-state index is 12.7. The quantitative estimate of drug-likeness (QED) is 0.593. The van der Waals surface area contributed by atoms with E-state index in [4.69, 9.17) is 4.74 Å². The fraction of sp³-hybridized carbons (Fsp3) is 0.500. The first-order valence-electron chi connectivity index (χ1n) is 11.3. The van der Waals surface area contributed by atoms with Crippen LogP contribution in [0.25, 0.3) is 11.3 Å². The smallest absolute Gasteiger partial charge is 0.425 e. The summed E-state index contributed by atoms with van der Waals surface area (Å²) in [5.74, 6) is 0.765. The molecular weight excluding hydrogens is 485 g/mol. The number of amides is 1. The van der Waals surface area contributed by atoms with Gasteiger partial charge in [0.05, 0.1) is 16.8 Å². The summed E-state index contributed by atoms with van der Waals surface area (Å²) in [5.41, 5.74) is 1.94. The van der Waals surface area contributed by atoms with Crippen molar-refractivity contribution in [2.75, 3.05) is 19.3 Å². The summed E-state index contributed by atoms with van der Waals surface area (Å²) in [4.78, 5) is 18.1. The lowest BCUT2D eigenvalue weighted by molar-refractivity contribution is -0.200. The van der Waals surface area contributed by atoms with E-state index in [-0.39, 0.29) is 10.8 Å². The maximum Gasteiger partial charge on any atom is 0.425 e. The van der Waals surface area contributed by atoms with Gasteiger partial charge in [-0.3, -0.25) is 4.98 Å². The molecule has 35 heavy (non-hydrogen) atoms. The minimum absolute atomic E-state index is 0.0940. The highest BCUT2D eigenvalue weighted by atomic mass is 32.2. The number of carbonyl (C=O) groups excluding carboxylic acids is 1. The van der Waals surface area contributed by atoms with Crippen molar-refractivity contribution in [1.29, 1.82) is 0 Å². The molecule has 1 amide bonds. The van der Waals surface area contributed by atoms with Crippen molar-refractivity contribution in [2.24, 2.45) is 5.92 Å². The van der Waals surface area contributed by atoms with Crippen LogP contribution in [-0.4, -0.2) is 61.6 Å². The van der Waals surface area contributed by atoms with E-state index in [1.807, 2.05) is 13.0 Å². The zero-order chi connectivity index (χ0) is 25.6. The number of ether oxygens (including phenoxy) is 2. The van der Waals surface area contributed by atoms with Crippen molar-refractivity contribution >= 4 is 15.9 Å². The van der Waals surface area contributed by atoms with Gasteiger partial charge in [-0.25, -0.2) is 13.2 Å². The Morgan fingerprint density at radius 2 is 1.86 bits per heavy atom. The third kappa shape index (κ3) is 5.39. The van der Waals surface area contributed by atoms with E-state index in [2.05, 4.69) is 9.72 Å². The second kappa shape index (κ2) is 9.00. The summed E-state index contributed by atoms with van der Waals surface area (Å²) in [6.07, 6.45) is -3.10. The zero-order valence-electron chi connectivity index (χ0n) is 19.6. The topological polar surface area (TPSA) is 85.8 Å². The number of alkyl halides is 3. The Kier molecular flexibility index (Phi) is 6.50. The van der Waals surface area contributed by atoms with E-state index >= 15 is 0 Å². The Morgan fingerprint density at radius 3 is 2.43 bits per heavy atom. The molecule has 1 aromatic heterocycles. The number of halogens is 3. The van der Waals surface area contributed by atoms with Crippen molar-refractivity contribution in [1.82, 2.24) is 9.88 Å². The normalized spacial score (nSPS) is 21.8. The molecule has 2 atom stereocenters. The van der Waals surface area contributed by atoms with E-state index in [0.29, 0.717) is 43.8 Å². The van der Waals surface area contributed by atoms with Crippen LogP contribution in [0.2, 0.25) is 0 Å². The van der Waals surface area contributed by atoms with Crippen LogP contribution in [0.5, 0.6) is 5.75 Å². The molecule has 2 aliphatic rings. The first kappa shape index (κ1) is 25.3. The molecule has 7 nitrogen and oxygen atoms in total. The molecule has 1 fully saturated rings. The summed E-state index contributed by atoms with van der Waals surface area (Å²) in [7, 11) is -3.28. The predicted octanol–water partition coefficient (Wildman–Crippen LogP) is 4.65. The second-order valence-electron chi connectivity index (χ2n) is 9.39. The van der Waals surface area contributed by atoms with Gasteiger partial charge in [0.1, 0.15) is 11.4 Å². The molecule has 0 bridgehead atoms. The van der Waals surface area contributed by atoms with Crippen LogP contribution in [0.15, 0.2) is 41.4 Å². The molecule has 2 aliphatic heterocycles. The Labute approximate surface area is 202 Å². The highest BCUT2D eigenvalue weighted by molar-refractivity contribution is 7.90. The number of pyridine rings is 1. The van der Waals surface area contributed by atoms with Crippen molar-refractivity contribution in [3.8, 4) is 17.0 Å². The monoisotopic (exact) mass is 512 g/mol. The van der Waals surface area contributed by atoms with Crippen LogP contribution in [-0.2, 0) is 21.0 Å². The van der Waals surface area contributed by atoms with Crippen LogP contribution >= 0.6 is 0 Å². The third-order valence-electron chi connectivity index (χ3n) is 6.77. The highest BCUT2D eigenvalue weighted by Gasteiger charge is 2.45. The van der Waals surface area contributed by atoms with E-state index < -0.39 is 33.8 Å². The molecule has 3 heterocycles. The number of nitrogens with zero attached hydrogens (tertiary/aromatic N) is 2. The van der Waals surface area contributed by atoms with Crippen LogP contribution < -0.4 is 4.74 Å². The van der Waals surface area contributed by atoms with Gasteiger partial charge in [0.2, 0.25) is 0 Å². The molecule has 0 unspecified atom stereocenters. The number of fused-ring (bicyclic) bond motifs is 1. The van der Waals surface area contributed by atoms with E-state index in [1.54, 1.807) is 30.5 Å². The Bertz CT molecular complexity index is 1210. The van der Waals surface area contributed by atoms with Crippen LogP contribution in [0.4, 0.5) is 18.0 Å². The predicted molar refractivity (Wildman–Crippen MR) is 122 cm³/mol. The first-order chi connectivity index (χ1) is 16.3. The van der Waals surface area contributed by atoms with Crippen molar-refractivity contribution in [2.45, 2.75) is 55.9 Å². The average molecular weight is 513 g/mol. The Hall–Kier alpha value is -2.82. The number of carbonyl (C=O) groups is 1. The summed E-state index contributed by atoms with van der Waals surface area (Å²) in [6.45, 7) is 3.40. The fourth-order valence-corrected chi connectivity index (χ4v) is 5.23. The molecule has 2 aromatic rings. The van der Waals surface area contributed by atoms with Gasteiger partial charge in [0.25, 0.3) is 0 Å². The highest BCUT2D eigenvalue weighted by Crippen LogP contribution is 2.43. The first-order valence-corrected chi connectivity index (χ1v) is 13.2. The Morgan fingerprint density at radius 1 is 1.23 bits per heavy atom. The molecule has 190 valence electrons. The van der Waals surface area contributed by atoms with E-state index in [1.165, 1.54) is 4.90 Å². The number of likely N-dealkylation sites (tertiary alicyclic amines) is 1. The van der Waals surface area contributed by atoms with Crippen molar-refractivity contribution in [3.63, 3.8) is 0 Å². The SMILES string of the molecule is C[C@H](OC(=O)N1CCC([C@@]2(C)Cc3cc(-c4ccc(S(C)(=O)=O)cc4)ncc3O2)CC1)C(F)(F)F.